The third kappa shape index (κ3) is 4.34. The molecule has 1 fully saturated rings. The van der Waals surface area contributed by atoms with E-state index in [-0.39, 0.29) is 6.10 Å². The van der Waals surface area contributed by atoms with Gasteiger partial charge in [-0.15, -0.1) is 0 Å². The van der Waals surface area contributed by atoms with E-state index in [0.29, 0.717) is 11.9 Å². The summed E-state index contributed by atoms with van der Waals surface area (Å²) in [6, 6.07) is 7.91. The first-order chi connectivity index (χ1) is 11.7. The van der Waals surface area contributed by atoms with E-state index in [1.807, 2.05) is 38.1 Å². The van der Waals surface area contributed by atoms with E-state index in [1.165, 1.54) is 25.6 Å². The number of benzene rings is 1. The lowest BCUT2D eigenvalue weighted by atomic mass is 9.98. The van der Waals surface area contributed by atoms with Gasteiger partial charge in [0.1, 0.15) is 24.5 Å². The summed E-state index contributed by atoms with van der Waals surface area (Å²) < 4.78 is 7.75. The monoisotopic (exact) mass is 328 g/mol. The molecule has 0 unspecified atom stereocenters. The number of hydrogen-bond donors (Lipinski definition) is 0. The maximum atomic E-state index is 6.15. The lowest BCUT2D eigenvalue weighted by Crippen LogP contribution is -2.20. The van der Waals surface area contributed by atoms with Crippen molar-refractivity contribution in [2.75, 3.05) is 0 Å². The number of hydrogen-bond acceptors (Lipinski definition) is 5. The Morgan fingerprint density at radius 2 is 2.08 bits per heavy atom. The van der Waals surface area contributed by atoms with Crippen molar-refractivity contribution in [3.05, 3.63) is 42.5 Å². The quantitative estimate of drug-likeness (QED) is 0.478. The highest BCUT2D eigenvalue weighted by molar-refractivity contribution is 5.99. The number of rotatable bonds is 5. The zero-order valence-electron chi connectivity index (χ0n) is 14.3. The van der Waals surface area contributed by atoms with Crippen molar-refractivity contribution in [3.8, 4) is 5.75 Å². The van der Waals surface area contributed by atoms with Gasteiger partial charge in [-0.2, -0.15) is 9.78 Å². The van der Waals surface area contributed by atoms with Crippen LogP contribution in [0.1, 0.15) is 51.5 Å². The first-order valence-electron chi connectivity index (χ1n) is 8.58. The maximum absolute atomic E-state index is 6.15. The minimum atomic E-state index is -0.00908. The van der Waals surface area contributed by atoms with Crippen LogP contribution in [0.2, 0.25) is 0 Å². The van der Waals surface area contributed by atoms with Gasteiger partial charge in [0, 0.05) is 5.56 Å². The van der Waals surface area contributed by atoms with Crippen LogP contribution in [0.4, 0.5) is 0 Å². The fraction of sp³-hybridized carbons (Fsp3) is 0.500. The van der Waals surface area contributed by atoms with Gasteiger partial charge in [0.15, 0.2) is 0 Å². The van der Waals surface area contributed by atoms with Gasteiger partial charge in [0.05, 0.1) is 6.10 Å². The second-order valence-corrected chi connectivity index (χ2v) is 6.31. The molecule has 0 spiro atoms. The molecule has 3 rings (SSSR count). The molecule has 1 heterocycles. The minimum Gasteiger partial charge on any atom is -0.490 e. The molecule has 2 aromatic rings. The number of oxime groups is 1. The standard InChI is InChI=1S/C18H24N4O2/c1-14(2)24-21-18(22-13-19-12-20-22)15-7-6-10-17(11-15)23-16-8-4-3-5-9-16/h6-7,10-14,16H,3-5,8-9H2,1-2H3. The highest BCUT2D eigenvalue weighted by Crippen LogP contribution is 2.24. The highest BCUT2D eigenvalue weighted by atomic mass is 16.6. The summed E-state index contributed by atoms with van der Waals surface area (Å²) in [5.74, 6) is 1.45. The zero-order valence-corrected chi connectivity index (χ0v) is 14.3. The van der Waals surface area contributed by atoms with E-state index in [2.05, 4.69) is 15.2 Å². The van der Waals surface area contributed by atoms with Crippen molar-refractivity contribution in [3.63, 3.8) is 0 Å². The van der Waals surface area contributed by atoms with Crippen molar-refractivity contribution >= 4 is 5.84 Å². The number of aromatic nitrogens is 3. The van der Waals surface area contributed by atoms with Crippen molar-refractivity contribution in [1.29, 1.82) is 0 Å². The molecule has 0 aliphatic heterocycles. The van der Waals surface area contributed by atoms with Crippen LogP contribution in [-0.2, 0) is 4.84 Å². The lowest BCUT2D eigenvalue weighted by Gasteiger charge is -2.23. The van der Waals surface area contributed by atoms with Gasteiger partial charge in [0.2, 0.25) is 5.84 Å². The van der Waals surface area contributed by atoms with Crippen molar-refractivity contribution in [2.45, 2.75) is 58.2 Å². The van der Waals surface area contributed by atoms with Gasteiger partial charge in [-0.3, -0.25) is 0 Å². The Labute approximate surface area is 142 Å². The van der Waals surface area contributed by atoms with Crippen molar-refractivity contribution in [2.24, 2.45) is 5.16 Å². The first kappa shape index (κ1) is 16.5. The second kappa shape index (κ2) is 7.95. The lowest BCUT2D eigenvalue weighted by molar-refractivity contribution is 0.0851. The van der Waals surface area contributed by atoms with Gasteiger partial charge in [0.25, 0.3) is 0 Å². The summed E-state index contributed by atoms with van der Waals surface area (Å²) in [6.07, 6.45) is 9.46. The van der Waals surface area contributed by atoms with Crippen LogP contribution in [0, 0.1) is 0 Å². The third-order valence-electron chi connectivity index (χ3n) is 3.93. The molecule has 1 aliphatic carbocycles. The molecule has 0 bridgehead atoms. The fourth-order valence-corrected chi connectivity index (χ4v) is 2.78. The van der Waals surface area contributed by atoms with Crippen LogP contribution in [0.5, 0.6) is 5.75 Å². The van der Waals surface area contributed by atoms with E-state index >= 15 is 0 Å². The SMILES string of the molecule is CC(C)ON=C(c1cccc(OC2CCCCC2)c1)n1cncn1. The molecule has 24 heavy (non-hydrogen) atoms. The van der Waals surface area contributed by atoms with E-state index in [4.69, 9.17) is 9.57 Å². The second-order valence-electron chi connectivity index (χ2n) is 6.31. The predicted octanol–water partition coefficient (Wildman–Crippen LogP) is 3.62. The van der Waals surface area contributed by atoms with E-state index in [1.54, 1.807) is 11.0 Å². The van der Waals surface area contributed by atoms with E-state index in [9.17, 15) is 0 Å². The summed E-state index contributed by atoms with van der Waals surface area (Å²) in [6.45, 7) is 3.87. The third-order valence-corrected chi connectivity index (χ3v) is 3.93. The van der Waals surface area contributed by atoms with Crippen LogP contribution in [0.3, 0.4) is 0 Å². The fourth-order valence-electron chi connectivity index (χ4n) is 2.78. The predicted molar refractivity (Wildman–Crippen MR) is 92.1 cm³/mol. The average molecular weight is 328 g/mol. The highest BCUT2D eigenvalue weighted by Gasteiger charge is 2.16. The van der Waals surface area contributed by atoms with Crippen LogP contribution < -0.4 is 4.74 Å². The number of ether oxygens (including phenoxy) is 1. The molecule has 6 nitrogen and oxygen atoms in total. The van der Waals surface area contributed by atoms with Gasteiger partial charge in [-0.25, -0.2) is 4.98 Å². The molecular weight excluding hydrogens is 304 g/mol. The van der Waals surface area contributed by atoms with Crippen LogP contribution in [-0.4, -0.2) is 32.8 Å². The average Bonchev–Trinajstić information content (AvgIpc) is 3.10. The first-order valence-corrected chi connectivity index (χ1v) is 8.58. The summed E-state index contributed by atoms with van der Waals surface area (Å²) in [5, 5.41) is 8.42. The Morgan fingerprint density at radius 1 is 1.25 bits per heavy atom. The Hall–Kier alpha value is -2.37. The van der Waals surface area contributed by atoms with Crippen molar-refractivity contribution < 1.29 is 9.57 Å². The molecule has 0 amide bonds. The molecule has 1 aliphatic rings. The van der Waals surface area contributed by atoms with Crippen LogP contribution in [0.15, 0.2) is 42.1 Å². The Kier molecular flexibility index (Phi) is 5.46. The zero-order chi connectivity index (χ0) is 16.8. The Bertz CT molecular complexity index is 661. The molecule has 0 atom stereocenters. The molecule has 1 aromatic carbocycles. The van der Waals surface area contributed by atoms with Crippen LogP contribution in [0.25, 0.3) is 0 Å². The van der Waals surface area contributed by atoms with Gasteiger partial charge in [-0.05, 0) is 51.7 Å². The topological polar surface area (TPSA) is 61.5 Å². The van der Waals surface area contributed by atoms with Crippen molar-refractivity contribution in [1.82, 2.24) is 14.8 Å². The van der Waals surface area contributed by atoms with E-state index < -0.39 is 0 Å². The van der Waals surface area contributed by atoms with E-state index in [0.717, 1.165) is 24.2 Å². The maximum Gasteiger partial charge on any atom is 0.201 e. The van der Waals surface area contributed by atoms with Gasteiger partial charge in [-0.1, -0.05) is 23.7 Å². The Balaban J connectivity index is 1.82. The molecule has 128 valence electrons. The normalized spacial score (nSPS) is 16.4. The molecule has 1 aromatic heterocycles. The Morgan fingerprint density at radius 3 is 2.79 bits per heavy atom. The summed E-state index contributed by atoms with van der Waals surface area (Å²) in [7, 11) is 0. The largest absolute Gasteiger partial charge is 0.490 e. The van der Waals surface area contributed by atoms with Gasteiger partial charge < -0.3 is 9.57 Å². The molecule has 1 saturated carbocycles. The molecule has 0 saturated heterocycles. The molecule has 0 radical (unpaired) electrons. The molecule has 6 heteroatoms. The van der Waals surface area contributed by atoms with Crippen LogP contribution >= 0.6 is 0 Å². The molecule has 0 N–H and O–H groups in total. The summed E-state index contributed by atoms with van der Waals surface area (Å²) in [4.78, 5) is 9.43. The smallest absolute Gasteiger partial charge is 0.201 e. The molecular formula is C18H24N4O2. The number of nitrogens with zero attached hydrogens (tertiary/aromatic N) is 4. The minimum absolute atomic E-state index is 0.00908. The summed E-state index contributed by atoms with van der Waals surface area (Å²) in [5.41, 5.74) is 0.884. The summed E-state index contributed by atoms with van der Waals surface area (Å²) >= 11 is 0. The van der Waals surface area contributed by atoms with Gasteiger partial charge >= 0.3 is 0 Å².